The zero-order chi connectivity index (χ0) is 18.0. The van der Waals surface area contributed by atoms with Crippen LogP contribution in [0.2, 0.25) is 0 Å². The maximum absolute atomic E-state index is 13.1. The van der Waals surface area contributed by atoms with Crippen molar-refractivity contribution in [3.05, 3.63) is 64.7 Å². The van der Waals surface area contributed by atoms with E-state index in [1.54, 1.807) is 6.07 Å². The average Bonchev–Trinajstić information content (AvgIpc) is 3.38. The predicted octanol–water partition coefficient (Wildman–Crippen LogP) is 4.07. The lowest BCUT2D eigenvalue weighted by atomic mass is 10.1. The Bertz CT molecular complexity index is 809. The summed E-state index contributed by atoms with van der Waals surface area (Å²) >= 11 is 0. The van der Waals surface area contributed by atoms with Crippen molar-refractivity contribution in [3.8, 4) is 0 Å². The summed E-state index contributed by atoms with van der Waals surface area (Å²) < 4.78 is 0. The Balaban J connectivity index is 1.85. The number of nitrogens with zero attached hydrogens (tertiary/aromatic N) is 1. The lowest BCUT2D eigenvalue weighted by Crippen LogP contribution is -2.32. The minimum atomic E-state index is -0.133. The molecule has 2 aromatic carbocycles. The van der Waals surface area contributed by atoms with Gasteiger partial charge >= 0.3 is 0 Å². The monoisotopic (exact) mass is 336 g/mol. The topological polar surface area (TPSA) is 49.4 Å². The molecule has 1 aliphatic carbocycles. The summed E-state index contributed by atoms with van der Waals surface area (Å²) in [5, 5.41) is 2.80. The molecule has 0 atom stereocenters. The highest BCUT2D eigenvalue weighted by atomic mass is 16.2. The first-order valence-corrected chi connectivity index (χ1v) is 8.69. The van der Waals surface area contributed by atoms with E-state index in [2.05, 4.69) is 30.4 Å². The number of carbonyl (C=O) groups is 2. The molecule has 0 radical (unpaired) electrons. The van der Waals surface area contributed by atoms with Crippen LogP contribution in [0.4, 0.5) is 5.69 Å². The number of anilines is 1. The number of hydrogen-bond acceptors (Lipinski definition) is 2. The molecule has 0 bridgehead atoms. The summed E-state index contributed by atoms with van der Waals surface area (Å²) in [7, 11) is 0. The number of aryl methyl sites for hydroxylation is 2. The second kappa shape index (κ2) is 7.09. The maximum atomic E-state index is 13.1. The van der Waals surface area contributed by atoms with Gasteiger partial charge in [0.2, 0.25) is 5.91 Å². The molecule has 3 rings (SSSR count). The van der Waals surface area contributed by atoms with Gasteiger partial charge in [0, 0.05) is 30.8 Å². The number of benzene rings is 2. The fourth-order valence-electron chi connectivity index (χ4n) is 3.01. The summed E-state index contributed by atoms with van der Waals surface area (Å²) in [6.45, 7) is 6.08. The minimum Gasteiger partial charge on any atom is -0.331 e. The summed E-state index contributed by atoms with van der Waals surface area (Å²) in [6, 6.07) is 14.1. The molecule has 1 fully saturated rings. The molecule has 0 heterocycles. The smallest absolute Gasteiger partial charge is 0.254 e. The quantitative estimate of drug-likeness (QED) is 0.895. The first kappa shape index (κ1) is 17.2. The molecule has 1 N–H and O–H groups in total. The van der Waals surface area contributed by atoms with E-state index >= 15 is 0 Å². The fourth-order valence-corrected chi connectivity index (χ4v) is 3.01. The summed E-state index contributed by atoms with van der Waals surface area (Å²) in [4.78, 5) is 26.4. The van der Waals surface area contributed by atoms with Gasteiger partial charge in [0.25, 0.3) is 5.91 Å². The van der Waals surface area contributed by atoms with Crippen molar-refractivity contribution in [2.24, 2.45) is 0 Å². The van der Waals surface area contributed by atoms with E-state index in [0.717, 1.165) is 24.0 Å². The van der Waals surface area contributed by atoms with Crippen LogP contribution < -0.4 is 5.32 Å². The van der Waals surface area contributed by atoms with Gasteiger partial charge in [-0.05, 0) is 49.9 Å². The molecule has 0 aromatic heterocycles. The van der Waals surface area contributed by atoms with Gasteiger partial charge in [0.1, 0.15) is 0 Å². The van der Waals surface area contributed by atoms with Gasteiger partial charge in [-0.3, -0.25) is 9.59 Å². The summed E-state index contributed by atoms with van der Waals surface area (Å²) in [5.41, 5.74) is 4.61. The zero-order valence-corrected chi connectivity index (χ0v) is 15.0. The van der Waals surface area contributed by atoms with E-state index < -0.39 is 0 Å². The highest BCUT2D eigenvalue weighted by molar-refractivity contribution is 5.97. The zero-order valence-electron chi connectivity index (χ0n) is 15.0. The van der Waals surface area contributed by atoms with Gasteiger partial charge in [-0.15, -0.1) is 0 Å². The molecule has 0 spiro atoms. The number of nitrogens with one attached hydrogen (secondary N) is 1. The molecular formula is C21H24N2O2. The number of carbonyl (C=O) groups excluding carboxylic acids is 2. The molecule has 130 valence electrons. The van der Waals surface area contributed by atoms with Crippen molar-refractivity contribution in [3.63, 3.8) is 0 Å². The summed E-state index contributed by atoms with van der Waals surface area (Å²) in [6.07, 6.45) is 2.12. The third-order valence-electron chi connectivity index (χ3n) is 4.48. The van der Waals surface area contributed by atoms with E-state index in [0.29, 0.717) is 23.8 Å². The average molecular weight is 336 g/mol. The molecule has 0 saturated heterocycles. The normalized spacial score (nSPS) is 13.4. The Morgan fingerprint density at radius 3 is 2.52 bits per heavy atom. The molecule has 1 aliphatic rings. The second-order valence-corrected chi connectivity index (χ2v) is 6.86. The van der Waals surface area contributed by atoms with Crippen LogP contribution in [0, 0.1) is 13.8 Å². The maximum Gasteiger partial charge on any atom is 0.254 e. The molecule has 2 amide bonds. The third-order valence-corrected chi connectivity index (χ3v) is 4.48. The van der Waals surface area contributed by atoms with E-state index in [4.69, 9.17) is 0 Å². The molecule has 4 heteroatoms. The Hall–Kier alpha value is -2.62. The lowest BCUT2D eigenvalue weighted by molar-refractivity contribution is -0.114. The van der Waals surface area contributed by atoms with Crippen molar-refractivity contribution in [1.82, 2.24) is 4.90 Å². The fraction of sp³-hybridized carbons (Fsp3) is 0.333. The molecule has 0 unspecified atom stereocenters. The number of rotatable bonds is 5. The molecule has 2 aromatic rings. The van der Waals surface area contributed by atoms with Crippen LogP contribution in [0.1, 0.15) is 46.8 Å². The Labute approximate surface area is 148 Å². The van der Waals surface area contributed by atoms with Gasteiger partial charge in [0.05, 0.1) is 0 Å². The molecule has 25 heavy (non-hydrogen) atoms. The predicted molar refractivity (Wildman–Crippen MR) is 99.6 cm³/mol. The van der Waals surface area contributed by atoms with Gasteiger partial charge in [-0.25, -0.2) is 0 Å². The number of hydrogen-bond donors (Lipinski definition) is 1. The largest absolute Gasteiger partial charge is 0.331 e. The van der Waals surface area contributed by atoms with Crippen LogP contribution >= 0.6 is 0 Å². The van der Waals surface area contributed by atoms with Crippen molar-refractivity contribution in [1.29, 1.82) is 0 Å². The van der Waals surface area contributed by atoms with Gasteiger partial charge < -0.3 is 10.2 Å². The van der Waals surface area contributed by atoms with E-state index in [1.807, 2.05) is 30.0 Å². The van der Waals surface area contributed by atoms with Gasteiger partial charge in [-0.1, -0.05) is 35.9 Å². The van der Waals surface area contributed by atoms with Gasteiger partial charge in [0.15, 0.2) is 0 Å². The van der Waals surface area contributed by atoms with E-state index in [-0.39, 0.29) is 11.8 Å². The first-order chi connectivity index (χ1) is 11.9. The molecular weight excluding hydrogens is 312 g/mol. The number of amides is 2. The van der Waals surface area contributed by atoms with Crippen LogP contribution in [-0.2, 0) is 11.3 Å². The van der Waals surface area contributed by atoms with E-state index in [1.165, 1.54) is 12.5 Å². The second-order valence-electron chi connectivity index (χ2n) is 6.86. The standard InChI is InChI=1S/C21H24N2O2/c1-14-5-4-6-17(11-14)13-23(19-9-10-19)21(25)18-8-7-15(2)20(12-18)22-16(3)24/h4-8,11-12,19H,9-10,13H2,1-3H3,(H,22,24). The van der Waals surface area contributed by atoms with Crippen molar-refractivity contribution in [2.75, 3.05) is 5.32 Å². The Morgan fingerprint density at radius 2 is 1.88 bits per heavy atom. The van der Waals surface area contributed by atoms with Crippen LogP contribution in [0.15, 0.2) is 42.5 Å². The van der Waals surface area contributed by atoms with E-state index in [9.17, 15) is 9.59 Å². The Morgan fingerprint density at radius 1 is 1.12 bits per heavy atom. The van der Waals surface area contributed by atoms with Crippen LogP contribution in [0.5, 0.6) is 0 Å². The highest BCUT2D eigenvalue weighted by Crippen LogP contribution is 2.30. The Kier molecular flexibility index (Phi) is 4.88. The van der Waals surface area contributed by atoms with Crippen LogP contribution in [-0.4, -0.2) is 22.8 Å². The minimum absolute atomic E-state index is 0.0237. The van der Waals surface area contributed by atoms with Crippen molar-refractivity contribution < 1.29 is 9.59 Å². The van der Waals surface area contributed by atoms with Gasteiger partial charge in [-0.2, -0.15) is 0 Å². The molecule has 0 aliphatic heterocycles. The van der Waals surface area contributed by atoms with Crippen molar-refractivity contribution >= 4 is 17.5 Å². The molecule has 1 saturated carbocycles. The van der Waals surface area contributed by atoms with Crippen LogP contribution in [0.3, 0.4) is 0 Å². The van der Waals surface area contributed by atoms with Crippen molar-refractivity contribution in [2.45, 2.75) is 46.2 Å². The van der Waals surface area contributed by atoms with Crippen LogP contribution in [0.25, 0.3) is 0 Å². The first-order valence-electron chi connectivity index (χ1n) is 8.69. The summed E-state index contributed by atoms with van der Waals surface area (Å²) in [5.74, 6) is -0.109. The third kappa shape index (κ3) is 4.27. The highest BCUT2D eigenvalue weighted by Gasteiger charge is 2.33. The molecule has 4 nitrogen and oxygen atoms in total. The SMILES string of the molecule is CC(=O)Nc1cc(C(=O)N(Cc2cccc(C)c2)C2CC2)ccc1C. The lowest BCUT2D eigenvalue weighted by Gasteiger charge is -2.23.